The van der Waals surface area contributed by atoms with E-state index in [4.69, 9.17) is 10.6 Å². The van der Waals surface area contributed by atoms with Crippen molar-refractivity contribution < 1.29 is 38.9 Å². The van der Waals surface area contributed by atoms with Crippen molar-refractivity contribution in [2.24, 2.45) is 5.84 Å². The van der Waals surface area contributed by atoms with Crippen LogP contribution in [0.25, 0.3) is 0 Å². The van der Waals surface area contributed by atoms with Crippen molar-refractivity contribution in [3.63, 3.8) is 0 Å². The minimum absolute atomic E-state index is 0. The summed E-state index contributed by atoms with van der Waals surface area (Å²) in [6, 6.07) is -2.33. The first-order valence-electron chi connectivity index (χ1n) is 19.3. The first-order chi connectivity index (χ1) is 25.9. The van der Waals surface area contributed by atoms with Crippen LogP contribution in [0.3, 0.4) is 0 Å². The number of hydrogen-bond donors (Lipinski definition) is 8. The molecule has 324 valence electrons. The molecule has 56 heavy (non-hydrogen) atoms. The molecule has 5 amide bonds. The smallest absolute Gasteiger partial charge is 0.422 e. The summed E-state index contributed by atoms with van der Waals surface area (Å²) in [7, 11) is 0. The molecule has 4 unspecified atom stereocenters. The lowest BCUT2D eigenvalue weighted by molar-refractivity contribution is -0.134. The zero-order valence-electron chi connectivity index (χ0n) is 33.7. The van der Waals surface area contributed by atoms with E-state index in [1.54, 1.807) is 68.2 Å². The van der Waals surface area contributed by atoms with Gasteiger partial charge in [0.2, 0.25) is 11.8 Å². The van der Waals surface area contributed by atoms with Gasteiger partial charge in [0.25, 0.3) is 11.8 Å². The van der Waals surface area contributed by atoms with Gasteiger partial charge in [-0.15, -0.1) is 59.5 Å². The third kappa shape index (κ3) is 14.7. The Labute approximate surface area is 355 Å². The predicted molar refractivity (Wildman–Crippen MR) is 229 cm³/mol. The molecule has 4 heterocycles. The molecule has 21 heteroatoms. The fraction of sp³-hybridized carbons (Fsp3) is 0.857. The van der Waals surface area contributed by atoms with Crippen molar-refractivity contribution in [1.29, 1.82) is 0 Å². The van der Waals surface area contributed by atoms with Crippen molar-refractivity contribution >= 4 is 89.2 Å². The summed E-state index contributed by atoms with van der Waals surface area (Å²) in [5, 5.41) is 34.8. The van der Waals surface area contributed by atoms with Gasteiger partial charge < -0.3 is 36.2 Å². The normalized spacial score (nSPS) is 23.5. The molecule has 4 saturated heterocycles. The van der Waals surface area contributed by atoms with Gasteiger partial charge in [0, 0.05) is 49.2 Å². The van der Waals surface area contributed by atoms with E-state index in [2.05, 4.69) is 26.7 Å². The molecule has 0 saturated carbocycles. The number of aliphatic hydroxyl groups excluding tert-OH is 2. The summed E-state index contributed by atoms with van der Waals surface area (Å²) in [4.78, 5) is 62.2. The highest BCUT2D eigenvalue weighted by atomic mass is 35.5. The molecule has 2 spiro atoms. The van der Waals surface area contributed by atoms with Crippen LogP contribution in [0.1, 0.15) is 87.0 Å². The van der Waals surface area contributed by atoms with Crippen LogP contribution in [-0.4, -0.2) is 149 Å². The minimum atomic E-state index is -1.33. The molecule has 4 rings (SSSR count). The summed E-state index contributed by atoms with van der Waals surface area (Å²) in [6.07, 6.45) is 0.521. The van der Waals surface area contributed by atoms with Gasteiger partial charge in [-0.25, -0.2) is 14.8 Å². The van der Waals surface area contributed by atoms with Gasteiger partial charge in [-0.2, -0.15) is 0 Å². The lowest BCUT2D eigenvalue weighted by atomic mass is 10.0. The number of halogens is 1. The second kappa shape index (κ2) is 23.4. The third-order valence-corrected chi connectivity index (χ3v) is 16.2. The summed E-state index contributed by atoms with van der Waals surface area (Å²) >= 11 is 7.34. The summed E-state index contributed by atoms with van der Waals surface area (Å²) in [6.45, 7) is 14.8. The molecule has 0 radical (unpaired) electrons. The average molecular weight is 890 g/mol. The fourth-order valence-corrected chi connectivity index (χ4v) is 13.4. The molecule has 0 aromatic rings. The molecule has 0 bridgehead atoms. The number of nitrogens with zero attached hydrogens (tertiary/aromatic N) is 2. The Morgan fingerprint density at radius 1 is 0.750 bits per heavy atom. The third-order valence-electron chi connectivity index (χ3n) is 9.34. The minimum Gasteiger partial charge on any atom is -0.443 e. The van der Waals surface area contributed by atoms with Gasteiger partial charge in [0.1, 0.15) is 17.7 Å². The van der Waals surface area contributed by atoms with Crippen LogP contribution in [0.2, 0.25) is 0 Å². The van der Waals surface area contributed by atoms with Gasteiger partial charge in [0.15, 0.2) is 12.2 Å². The van der Waals surface area contributed by atoms with Crippen molar-refractivity contribution in [2.45, 2.75) is 137 Å². The molecule has 9 N–H and O–H groups in total. The van der Waals surface area contributed by atoms with E-state index >= 15 is 0 Å². The Balaban J connectivity index is 0.000000392. The van der Waals surface area contributed by atoms with Crippen molar-refractivity contribution in [1.82, 2.24) is 36.7 Å². The van der Waals surface area contributed by atoms with E-state index in [9.17, 15) is 34.2 Å². The first-order valence-corrected chi connectivity index (χ1v) is 23.2. The lowest BCUT2D eigenvalue weighted by Gasteiger charge is -2.29. The van der Waals surface area contributed by atoms with Gasteiger partial charge in [-0.05, 0) is 60.3 Å². The molecule has 0 aliphatic carbocycles. The molecule has 4 fully saturated rings. The maximum atomic E-state index is 13.2. The van der Waals surface area contributed by atoms with E-state index in [0.29, 0.717) is 58.3 Å². The number of nitrogens with one attached hydrogen (secondary N) is 5. The molecule has 0 aromatic carbocycles. The number of ether oxygens (including phenoxy) is 1. The topological polar surface area (TPSA) is 228 Å². The summed E-state index contributed by atoms with van der Waals surface area (Å²) in [5.41, 5.74) is 2.08. The number of carbonyl (C=O) groups is 5. The quantitative estimate of drug-likeness (QED) is 0.110. The molecule has 4 aliphatic rings. The number of rotatable bonds is 15. The van der Waals surface area contributed by atoms with E-state index in [0.717, 1.165) is 29.4 Å². The van der Waals surface area contributed by atoms with Crippen LogP contribution in [0.15, 0.2) is 0 Å². The predicted octanol–water partition coefficient (Wildman–Crippen LogP) is 1.77. The first kappa shape index (κ1) is 50.8. The zero-order chi connectivity index (χ0) is 41.0. The molecular formula is C35H65ClN8O8S4. The number of likely N-dealkylation sites (N-methyl/N-ethyl adjacent to an activating group) is 2. The number of carbonyl (C=O) groups excluding carboxylic acids is 5. The Bertz CT molecular complexity index is 1310. The number of hydrogen-bond acceptors (Lipinski definition) is 15. The summed E-state index contributed by atoms with van der Waals surface area (Å²) in [5.74, 6) is 8.75. The highest BCUT2D eigenvalue weighted by Crippen LogP contribution is 2.52. The maximum absolute atomic E-state index is 13.2. The fourth-order valence-electron chi connectivity index (χ4n) is 6.85. The molecule has 6 atom stereocenters. The molecule has 4 aliphatic heterocycles. The average Bonchev–Trinajstić information content (AvgIpc) is 3.91. The van der Waals surface area contributed by atoms with Gasteiger partial charge in [-0.3, -0.25) is 30.4 Å². The van der Waals surface area contributed by atoms with E-state index in [-0.39, 0.29) is 32.4 Å². The number of thioether (sulfide) groups is 4. The summed E-state index contributed by atoms with van der Waals surface area (Å²) < 4.78 is 5.20. The second-order valence-electron chi connectivity index (χ2n) is 15.1. The SMILES string of the molecule is CCCC(NC(=O)[C@@H]1CC2(CN1N)SCCS2)C(O)C(=O)NCC.CCCC(NC(=O)[C@@H]1CC2(CN1NC(=O)OC(C)(C)C)SCCS2)C(O)C(=O)NCC.Cl. The van der Waals surface area contributed by atoms with E-state index < -0.39 is 59.9 Å². The Morgan fingerprint density at radius 2 is 1.16 bits per heavy atom. The number of amides is 5. The number of hydrazine groups is 2. The van der Waals surface area contributed by atoms with Crippen LogP contribution >= 0.6 is 59.5 Å². The Hall–Kier alpha value is -1.36. The van der Waals surface area contributed by atoms with Crippen LogP contribution in [0.4, 0.5) is 4.79 Å². The zero-order valence-corrected chi connectivity index (χ0v) is 37.8. The van der Waals surface area contributed by atoms with Gasteiger partial charge in [-0.1, -0.05) is 26.7 Å². The van der Waals surface area contributed by atoms with Gasteiger partial charge >= 0.3 is 6.09 Å². The Kier molecular flexibility index (Phi) is 21.3. The van der Waals surface area contributed by atoms with Crippen LogP contribution in [0.5, 0.6) is 0 Å². The highest BCUT2D eigenvalue weighted by molar-refractivity contribution is 8.21. The second-order valence-corrected chi connectivity index (χ2v) is 21.5. The maximum Gasteiger partial charge on any atom is 0.422 e. The molecular weight excluding hydrogens is 824 g/mol. The van der Waals surface area contributed by atoms with Crippen LogP contribution in [0, 0.1) is 0 Å². The molecule has 0 aromatic heterocycles. The Morgan fingerprint density at radius 3 is 1.57 bits per heavy atom. The standard InChI is InChI=1S/C20H36N4O5S2.C15H28N4O3S2.ClH/c1-6-8-13(15(25)17(27)21-7-2)22-16(26)14-11-20(30-9-10-31-20)12-24(14)23-18(28)29-19(3,4)5;1-3-5-10(12(20)14(22)17-4-2)18-13(21)11-8-15(9-19(11)16)23-6-7-24-15;/h13-15,25H,6-12H2,1-5H3,(H,21,27)(H,22,26)(H,23,28);10-12,20H,3-9,16H2,1-2H3,(H,17,22)(H,18,21);1H/t13?,14-,15?;10?,11-,12?;/m00./s1. The van der Waals surface area contributed by atoms with Crippen molar-refractivity contribution in [3.05, 3.63) is 0 Å². The van der Waals surface area contributed by atoms with Crippen molar-refractivity contribution in [2.75, 3.05) is 49.2 Å². The van der Waals surface area contributed by atoms with Gasteiger partial charge in [0.05, 0.1) is 20.2 Å². The van der Waals surface area contributed by atoms with E-state index in [1.807, 2.05) is 37.4 Å². The lowest BCUT2D eigenvalue weighted by Crippen LogP contribution is -2.57. The largest absolute Gasteiger partial charge is 0.443 e. The number of aliphatic hydroxyl groups is 2. The van der Waals surface area contributed by atoms with Crippen LogP contribution < -0.4 is 32.5 Å². The molecule has 16 nitrogen and oxygen atoms in total. The monoisotopic (exact) mass is 888 g/mol. The van der Waals surface area contributed by atoms with E-state index in [1.165, 1.54) is 0 Å². The van der Waals surface area contributed by atoms with Crippen LogP contribution in [-0.2, 0) is 23.9 Å². The van der Waals surface area contributed by atoms with Crippen molar-refractivity contribution in [3.8, 4) is 0 Å². The number of nitrogens with two attached hydrogens (primary N) is 1. The highest BCUT2D eigenvalue weighted by Gasteiger charge is 2.51.